The normalized spacial score (nSPS) is 19.4. The van der Waals surface area contributed by atoms with Gasteiger partial charge in [0.2, 0.25) is 10.0 Å². The summed E-state index contributed by atoms with van der Waals surface area (Å²) in [5.74, 6) is 0.248. The highest BCUT2D eigenvalue weighted by Crippen LogP contribution is 2.39. The first-order valence-corrected chi connectivity index (χ1v) is 11.9. The summed E-state index contributed by atoms with van der Waals surface area (Å²) in [7, 11) is -4.03. The van der Waals surface area contributed by atoms with Gasteiger partial charge in [-0.25, -0.2) is 13.9 Å². The van der Waals surface area contributed by atoms with Crippen molar-refractivity contribution >= 4 is 38.7 Å². The number of furan rings is 1. The van der Waals surface area contributed by atoms with Crippen LogP contribution in [0, 0.1) is 5.21 Å². The Bertz CT molecular complexity index is 1240. The molecule has 4 rings (SSSR count). The van der Waals surface area contributed by atoms with Crippen molar-refractivity contribution in [2.45, 2.75) is 29.5 Å². The minimum atomic E-state index is -4.03. The Balaban J connectivity index is 1.74. The standard InChI is InChI=1S/C20H21N3O6S2/c1-20(2)18(19(24)21-25)23(9-10-30-20)31(27,28)15-3-4-16-14(11-15)12-17(29-16)13-5-7-22(26)8-6-13/h3-8,11-12,18,25H,9-10H2,1-2H3,(H,21,24)/t18-/m0/s1. The fraction of sp³-hybridized carbons (Fsp3) is 0.300. The van der Waals surface area contributed by atoms with Crippen LogP contribution in [0.1, 0.15) is 13.8 Å². The van der Waals surface area contributed by atoms with Crippen LogP contribution in [0.2, 0.25) is 0 Å². The minimum absolute atomic E-state index is 0.0243. The third kappa shape index (κ3) is 3.89. The molecule has 1 aliphatic rings. The van der Waals surface area contributed by atoms with Crippen LogP contribution in [-0.4, -0.2) is 46.9 Å². The van der Waals surface area contributed by atoms with Crippen LogP contribution in [0.25, 0.3) is 22.3 Å². The lowest BCUT2D eigenvalue weighted by Gasteiger charge is -2.43. The van der Waals surface area contributed by atoms with Crippen LogP contribution in [0.15, 0.2) is 58.1 Å². The summed E-state index contributed by atoms with van der Waals surface area (Å²) in [6, 6.07) is 8.34. The molecular formula is C20H21N3O6S2. The van der Waals surface area contributed by atoms with Gasteiger partial charge in [0.1, 0.15) is 17.4 Å². The number of hydrogen-bond acceptors (Lipinski definition) is 7. The molecule has 31 heavy (non-hydrogen) atoms. The van der Waals surface area contributed by atoms with Crippen molar-refractivity contribution in [1.82, 2.24) is 9.79 Å². The minimum Gasteiger partial charge on any atom is -0.619 e. The van der Waals surface area contributed by atoms with E-state index in [4.69, 9.17) is 4.42 Å². The van der Waals surface area contributed by atoms with Gasteiger partial charge >= 0.3 is 0 Å². The number of hydroxylamine groups is 1. The van der Waals surface area contributed by atoms with E-state index < -0.39 is 26.7 Å². The molecule has 0 saturated carbocycles. The van der Waals surface area contributed by atoms with Gasteiger partial charge in [0, 0.05) is 40.1 Å². The predicted molar refractivity (Wildman–Crippen MR) is 115 cm³/mol. The summed E-state index contributed by atoms with van der Waals surface area (Å²) < 4.78 is 33.8. The molecule has 0 aliphatic carbocycles. The summed E-state index contributed by atoms with van der Waals surface area (Å²) in [5.41, 5.74) is 2.78. The maximum atomic E-state index is 13.5. The Hall–Kier alpha value is -2.60. The first-order chi connectivity index (χ1) is 14.6. The first kappa shape index (κ1) is 21.6. The second kappa shape index (κ2) is 7.83. The first-order valence-electron chi connectivity index (χ1n) is 9.46. The Morgan fingerprint density at radius 2 is 2.00 bits per heavy atom. The number of pyridine rings is 1. The Kier molecular flexibility index (Phi) is 5.46. The number of rotatable bonds is 4. The Morgan fingerprint density at radius 3 is 2.68 bits per heavy atom. The predicted octanol–water partition coefficient (Wildman–Crippen LogP) is 2.12. The van der Waals surface area contributed by atoms with E-state index in [1.54, 1.807) is 43.6 Å². The van der Waals surface area contributed by atoms with Crippen molar-refractivity contribution in [2.75, 3.05) is 12.3 Å². The van der Waals surface area contributed by atoms with E-state index >= 15 is 0 Å². The summed E-state index contributed by atoms with van der Waals surface area (Å²) in [4.78, 5) is 12.4. The van der Waals surface area contributed by atoms with Crippen molar-refractivity contribution in [3.63, 3.8) is 0 Å². The topological polar surface area (TPSA) is 127 Å². The quantitative estimate of drug-likeness (QED) is 0.263. The monoisotopic (exact) mass is 463 g/mol. The number of carbonyl (C=O) groups is 1. The second-order valence-corrected chi connectivity index (χ2v) is 11.3. The van der Waals surface area contributed by atoms with Crippen molar-refractivity contribution < 1.29 is 27.6 Å². The van der Waals surface area contributed by atoms with E-state index in [-0.39, 0.29) is 11.4 Å². The molecule has 1 aromatic carbocycles. The van der Waals surface area contributed by atoms with Crippen LogP contribution >= 0.6 is 11.8 Å². The molecule has 0 spiro atoms. The van der Waals surface area contributed by atoms with Gasteiger partial charge in [0.25, 0.3) is 5.91 Å². The number of fused-ring (bicyclic) bond motifs is 1. The molecule has 2 N–H and O–H groups in total. The van der Waals surface area contributed by atoms with Gasteiger partial charge in [-0.3, -0.25) is 10.0 Å². The number of nitrogens with zero attached hydrogens (tertiary/aromatic N) is 2. The average Bonchev–Trinajstić information content (AvgIpc) is 3.16. The van der Waals surface area contributed by atoms with E-state index in [2.05, 4.69) is 0 Å². The average molecular weight is 464 g/mol. The van der Waals surface area contributed by atoms with Crippen LogP contribution in [0.3, 0.4) is 0 Å². The zero-order valence-electron chi connectivity index (χ0n) is 16.8. The van der Waals surface area contributed by atoms with E-state index in [0.717, 1.165) is 4.31 Å². The van der Waals surface area contributed by atoms with Crippen molar-refractivity contribution in [1.29, 1.82) is 0 Å². The van der Waals surface area contributed by atoms with E-state index in [9.17, 15) is 23.6 Å². The lowest BCUT2D eigenvalue weighted by Crippen LogP contribution is -2.61. The molecule has 1 saturated heterocycles. The highest BCUT2D eigenvalue weighted by molar-refractivity contribution is 8.00. The fourth-order valence-electron chi connectivity index (χ4n) is 3.76. The maximum Gasteiger partial charge on any atom is 0.263 e. The number of aromatic nitrogens is 1. The highest BCUT2D eigenvalue weighted by Gasteiger charge is 2.48. The van der Waals surface area contributed by atoms with Gasteiger partial charge in [-0.15, -0.1) is 0 Å². The van der Waals surface area contributed by atoms with Crippen LogP contribution in [0.4, 0.5) is 0 Å². The number of sulfonamides is 1. The van der Waals surface area contributed by atoms with E-state index in [1.807, 2.05) is 0 Å². The van der Waals surface area contributed by atoms with Gasteiger partial charge in [-0.1, -0.05) is 0 Å². The fourth-order valence-corrected chi connectivity index (χ4v) is 6.90. The molecule has 2 aromatic heterocycles. The maximum absolute atomic E-state index is 13.5. The molecule has 0 radical (unpaired) electrons. The molecular weight excluding hydrogens is 442 g/mol. The summed E-state index contributed by atoms with van der Waals surface area (Å²) in [6.07, 6.45) is 2.70. The molecule has 164 valence electrons. The van der Waals surface area contributed by atoms with E-state index in [1.165, 1.54) is 36.3 Å². The molecule has 1 amide bonds. The molecule has 1 atom stereocenters. The molecule has 3 aromatic rings. The van der Waals surface area contributed by atoms with Crippen LogP contribution in [0.5, 0.6) is 0 Å². The molecule has 1 fully saturated rings. The van der Waals surface area contributed by atoms with Gasteiger partial charge in [0.15, 0.2) is 12.4 Å². The number of thioether (sulfide) groups is 1. The van der Waals surface area contributed by atoms with Gasteiger partial charge in [0.05, 0.1) is 4.90 Å². The largest absolute Gasteiger partial charge is 0.619 e. The van der Waals surface area contributed by atoms with Crippen molar-refractivity contribution in [3.05, 3.63) is 54.0 Å². The van der Waals surface area contributed by atoms with Gasteiger partial charge in [-0.2, -0.15) is 20.8 Å². The number of carbonyl (C=O) groups excluding carboxylic acids is 1. The molecule has 9 nitrogen and oxygen atoms in total. The SMILES string of the molecule is CC1(C)SCCN(S(=O)(=O)c2ccc3oc(-c4cc[n+]([O-])cc4)cc3c2)[C@H]1C(=O)NO. The molecule has 3 heterocycles. The number of hydrogen-bond donors (Lipinski definition) is 2. The number of nitrogens with one attached hydrogen (secondary N) is 1. The molecule has 0 bridgehead atoms. The molecule has 0 unspecified atom stereocenters. The highest BCUT2D eigenvalue weighted by atomic mass is 32.2. The summed E-state index contributed by atoms with van der Waals surface area (Å²) >= 11 is 1.47. The smallest absolute Gasteiger partial charge is 0.263 e. The second-order valence-electron chi connectivity index (χ2n) is 7.70. The van der Waals surface area contributed by atoms with Crippen molar-refractivity contribution in [3.8, 4) is 11.3 Å². The summed E-state index contributed by atoms with van der Waals surface area (Å²) in [6.45, 7) is 3.69. The third-order valence-corrected chi connectivity index (χ3v) is 8.49. The zero-order chi connectivity index (χ0) is 22.4. The lowest BCUT2D eigenvalue weighted by molar-refractivity contribution is -0.605. The molecule has 1 aliphatic heterocycles. The van der Waals surface area contributed by atoms with Crippen molar-refractivity contribution in [2.24, 2.45) is 0 Å². The summed E-state index contributed by atoms with van der Waals surface area (Å²) in [5, 5.41) is 21.0. The zero-order valence-corrected chi connectivity index (χ0v) is 18.4. The van der Waals surface area contributed by atoms with Crippen LogP contribution < -0.4 is 10.2 Å². The Labute approximate surface area is 183 Å². The van der Waals surface area contributed by atoms with Gasteiger partial charge < -0.3 is 9.62 Å². The van der Waals surface area contributed by atoms with Crippen LogP contribution in [-0.2, 0) is 14.8 Å². The molecule has 11 heteroatoms. The lowest BCUT2D eigenvalue weighted by atomic mass is 10.0. The third-order valence-electron chi connectivity index (χ3n) is 5.27. The number of amides is 1. The number of benzene rings is 1. The van der Waals surface area contributed by atoms with E-state index in [0.29, 0.717) is 32.8 Å². The van der Waals surface area contributed by atoms with Gasteiger partial charge in [-0.05, 0) is 38.1 Å². The Morgan fingerprint density at radius 1 is 1.29 bits per heavy atom.